The molecule has 0 radical (unpaired) electrons. The Bertz CT molecular complexity index is 660. The zero-order valence-corrected chi connectivity index (χ0v) is 11.5. The Labute approximate surface area is 122 Å². The first kappa shape index (κ1) is 13.4. The Kier molecular flexibility index (Phi) is 3.70. The van der Waals surface area contributed by atoms with Crippen LogP contribution in [0.15, 0.2) is 42.6 Å². The third-order valence-corrected chi connectivity index (χ3v) is 3.36. The molecule has 0 fully saturated rings. The van der Waals surface area contributed by atoms with E-state index in [9.17, 15) is 4.79 Å². The van der Waals surface area contributed by atoms with Crippen molar-refractivity contribution in [1.29, 1.82) is 0 Å². The molecule has 0 spiro atoms. The molecule has 21 heavy (non-hydrogen) atoms. The molecule has 2 aromatic rings. The van der Waals surface area contributed by atoms with Crippen LogP contribution in [0.5, 0.6) is 5.75 Å². The van der Waals surface area contributed by atoms with Crippen LogP contribution in [-0.4, -0.2) is 28.9 Å². The van der Waals surface area contributed by atoms with Crippen molar-refractivity contribution in [2.45, 2.75) is 6.54 Å². The summed E-state index contributed by atoms with van der Waals surface area (Å²) in [5, 5.41) is 0. The van der Waals surface area contributed by atoms with E-state index < -0.39 is 0 Å². The number of hydrogen-bond donors (Lipinski definition) is 2. The Hall–Kier alpha value is -2.60. The van der Waals surface area contributed by atoms with Crippen LogP contribution in [0.3, 0.4) is 0 Å². The van der Waals surface area contributed by atoms with Gasteiger partial charge in [-0.15, -0.1) is 0 Å². The molecule has 1 aromatic carbocycles. The number of para-hydroxylation sites is 1. The Morgan fingerprint density at radius 3 is 3.05 bits per heavy atom. The van der Waals surface area contributed by atoms with Gasteiger partial charge >= 0.3 is 0 Å². The highest BCUT2D eigenvalue weighted by Gasteiger charge is 2.23. The monoisotopic (exact) mass is 284 g/mol. The number of nitrogen functional groups attached to an aromatic ring is 1. The number of nitrogens with two attached hydrogens (primary N) is 1. The molecule has 1 amide bonds. The number of fused-ring (bicyclic) bond motifs is 1. The van der Waals surface area contributed by atoms with Crippen LogP contribution >= 0.6 is 0 Å². The maximum Gasteiger partial charge on any atom is 0.258 e. The van der Waals surface area contributed by atoms with Crippen molar-refractivity contribution in [2.75, 3.05) is 18.6 Å². The predicted molar refractivity (Wildman–Crippen MR) is 78.7 cm³/mol. The van der Waals surface area contributed by atoms with Crippen molar-refractivity contribution in [3.63, 3.8) is 0 Å². The van der Waals surface area contributed by atoms with Gasteiger partial charge < -0.3 is 15.1 Å². The second-order valence-corrected chi connectivity index (χ2v) is 4.75. The molecule has 1 aliphatic heterocycles. The molecular weight excluding hydrogens is 268 g/mol. The van der Waals surface area contributed by atoms with Gasteiger partial charge in [0.15, 0.2) is 0 Å². The number of amides is 1. The van der Waals surface area contributed by atoms with Crippen molar-refractivity contribution < 1.29 is 9.53 Å². The maximum atomic E-state index is 12.6. The van der Waals surface area contributed by atoms with E-state index in [2.05, 4.69) is 10.4 Å². The summed E-state index contributed by atoms with van der Waals surface area (Å²) in [4.78, 5) is 18.6. The van der Waals surface area contributed by atoms with E-state index in [0.717, 1.165) is 11.4 Å². The fourth-order valence-electron chi connectivity index (χ4n) is 2.31. The molecule has 0 aliphatic carbocycles. The number of carbonyl (C=O) groups is 1. The predicted octanol–water partition coefficient (Wildman–Crippen LogP) is 1.40. The fourth-order valence-corrected chi connectivity index (χ4v) is 2.31. The van der Waals surface area contributed by atoms with Gasteiger partial charge in [-0.2, -0.15) is 0 Å². The topological polar surface area (TPSA) is 80.5 Å². The summed E-state index contributed by atoms with van der Waals surface area (Å²) in [6.07, 6.45) is 1.66. The number of nitrogens with one attached hydrogen (secondary N) is 1. The third kappa shape index (κ3) is 2.80. The first-order chi connectivity index (χ1) is 10.3. The van der Waals surface area contributed by atoms with Crippen LogP contribution < -0.4 is 16.0 Å². The average molecular weight is 284 g/mol. The molecule has 6 heteroatoms. The van der Waals surface area contributed by atoms with Crippen LogP contribution in [0.4, 0.5) is 5.69 Å². The molecule has 0 saturated carbocycles. The first-order valence-electron chi connectivity index (χ1n) is 6.70. The first-order valence-corrected chi connectivity index (χ1v) is 6.70. The van der Waals surface area contributed by atoms with Gasteiger partial charge in [0.1, 0.15) is 12.4 Å². The van der Waals surface area contributed by atoms with Gasteiger partial charge in [0.25, 0.3) is 5.91 Å². The number of carbonyl (C=O) groups excluding carboxylic acids is 1. The number of pyridine rings is 1. The Balaban J connectivity index is 1.84. The lowest BCUT2D eigenvalue weighted by atomic mass is 10.1. The highest BCUT2D eigenvalue weighted by atomic mass is 16.5. The lowest BCUT2D eigenvalue weighted by Gasteiger charge is -2.19. The highest BCUT2D eigenvalue weighted by Crippen LogP contribution is 2.23. The van der Waals surface area contributed by atoms with Gasteiger partial charge in [0.05, 0.1) is 30.0 Å². The van der Waals surface area contributed by atoms with E-state index in [0.29, 0.717) is 31.0 Å². The van der Waals surface area contributed by atoms with Crippen LogP contribution in [0.25, 0.3) is 0 Å². The van der Waals surface area contributed by atoms with Crippen molar-refractivity contribution in [1.82, 2.24) is 9.88 Å². The molecule has 0 saturated heterocycles. The van der Waals surface area contributed by atoms with E-state index in [1.165, 1.54) is 0 Å². The SMILES string of the molecule is NNc1ccnc(CN2CCOc3ccccc3C2=O)c1. The summed E-state index contributed by atoms with van der Waals surface area (Å²) in [6.45, 7) is 1.42. The van der Waals surface area contributed by atoms with E-state index >= 15 is 0 Å². The smallest absolute Gasteiger partial charge is 0.258 e. The highest BCUT2D eigenvalue weighted by molar-refractivity contribution is 5.97. The molecule has 1 aromatic heterocycles. The van der Waals surface area contributed by atoms with Gasteiger partial charge in [-0.3, -0.25) is 15.6 Å². The van der Waals surface area contributed by atoms with Gasteiger partial charge in [0.2, 0.25) is 0 Å². The van der Waals surface area contributed by atoms with Crippen molar-refractivity contribution in [3.8, 4) is 5.75 Å². The summed E-state index contributed by atoms with van der Waals surface area (Å²) in [5.41, 5.74) is 4.70. The second kappa shape index (κ2) is 5.80. The molecule has 6 nitrogen and oxygen atoms in total. The molecule has 2 heterocycles. The van der Waals surface area contributed by atoms with Crippen molar-refractivity contribution >= 4 is 11.6 Å². The number of rotatable bonds is 3. The van der Waals surface area contributed by atoms with Crippen molar-refractivity contribution in [2.24, 2.45) is 5.84 Å². The molecule has 0 atom stereocenters. The van der Waals surface area contributed by atoms with Gasteiger partial charge in [-0.25, -0.2) is 0 Å². The van der Waals surface area contributed by atoms with Crippen LogP contribution in [-0.2, 0) is 6.54 Å². The molecule has 0 bridgehead atoms. The molecule has 1 aliphatic rings. The largest absolute Gasteiger partial charge is 0.491 e. The Morgan fingerprint density at radius 1 is 1.33 bits per heavy atom. The number of nitrogens with zero attached hydrogens (tertiary/aromatic N) is 2. The minimum absolute atomic E-state index is 0.0454. The molecule has 3 rings (SSSR count). The zero-order valence-electron chi connectivity index (χ0n) is 11.5. The van der Waals surface area contributed by atoms with Gasteiger partial charge in [0, 0.05) is 6.20 Å². The normalized spacial score (nSPS) is 14.1. The van der Waals surface area contributed by atoms with Gasteiger partial charge in [-0.05, 0) is 24.3 Å². The number of ether oxygens (including phenoxy) is 1. The average Bonchev–Trinajstić information content (AvgIpc) is 2.68. The summed E-state index contributed by atoms with van der Waals surface area (Å²) < 4.78 is 5.62. The standard InChI is InChI=1S/C15H16N4O2/c16-18-11-5-6-17-12(9-11)10-19-7-8-21-14-4-2-1-3-13(14)15(19)20/h1-6,9H,7-8,10,16H2,(H,17,18). The lowest BCUT2D eigenvalue weighted by Crippen LogP contribution is -2.32. The van der Waals surface area contributed by atoms with Crippen LogP contribution in [0.2, 0.25) is 0 Å². The van der Waals surface area contributed by atoms with E-state index in [1.807, 2.05) is 24.3 Å². The second-order valence-electron chi connectivity index (χ2n) is 4.75. The third-order valence-electron chi connectivity index (χ3n) is 3.36. The lowest BCUT2D eigenvalue weighted by molar-refractivity contribution is 0.0741. The number of anilines is 1. The van der Waals surface area contributed by atoms with Crippen LogP contribution in [0, 0.1) is 0 Å². The maximum absolute atomic E-state index is 12.6. The molecule has 108 valence electrons. The minimum Gasteiger partial charge on any atom is -0.491 e. The summed E-state index contributed by atoms with van der Waals surface area (Å²) in [6, 6.07) is 10.9. The minimum atomic E-state index is -0.0454. The number of benzene rings is 1. The summed E-state index contributed by atoms with van der Waals surface area (Å²) in [5.74, 6) is 5.98. The van der Waals surface area contributed by atoms with E-state index in [4.69, 9.17) is 10.6 Å². The Morgan fingerprint density at radius 2 is 2.19 bits per heavy atom. The number of hydrogen-bond acceptors (Lipinski definition) is 5. The van der Waals surface area contributed by atoms with E-state index in [1.54, 1.807) is 23.2 Å². The molecule has 0 unspecified atom stereocenters. The summed E-state index contributed by atoms with van der Waals surface area (Å²) >= 11 is 0. The van der Waals surface area contributed by atoms with Crippen LogP contribution in [0.1, 0.15) is 16.1 Å². The quantitative estimate of drug-likeness (QED) is 0.658. The van der Waals surface area contributed by atoms with Crippen molar-refractivity contribution in [3.05, 3.63) is 53.9 Å². The van der Waals surface area contributed by atoms with E-state index in [-0.39, 0.29) is 5.91 Å². The molecular formula is C15H16N4O2. The number of aromatic nitrogens is 1. The summed E-state index contributed by atoms with van der Waals surface area (Å²) in [7, 11) is 0. The van der Waals surface area contributed by atoms with Gasteiger partial charge in [-0.1, -0.05) is 12.1 Å². The number of hydrazine groups is 1. The zero-order chi connectivity index (χ0) is 14.7. The molecule has 3 N–H and O–H groups in total. The fraction of sp³-hybridized carbons (Fsp3) is 0.200.